The fourth-order valence-corrected chi connectivity index (χ4v) is 1.48. The fraction of sp³-hybridized carbons (Fsp3) is 0.875. The van der Waals surface area contributed by atoms with E-state index in [4.69, 9.17) is 6.57 Å². The zero-order valence-electron chi connectivity index (χ0n) is 6.26. The Balaban J connectivity index is 2.31. The molecule has 0 N–H and O–H groups in total. The predicted octanol–water partition coefficient (Wildman–Crippen LogP) is 2.73. The van der Waals surface area contributed by atoms with E-state index in [0.717, 1.165) is 0 Å². The quantitative estimate of drug-likeness (QED) is 0.518. The summed E-state index contributed by atoms with van der Waals surface area (Å²) in [6.45, 7) is 6.71. The minimum Gasteiger partial charge on any atom is -0.314 e. The number of hydrogen-bond donors (Lipinski definition) is 0. The lowest BCUT2D eigenvalue weighted by Crippen LogP contribution is -2.21. The molecule has 1 aliphatic rings. The van der Waals surface area contributed by atoms with E-state index < -0.39 is 12.3 Å². The van der Waals surface area contributed by atoms with E-state index in [9.17, 15) is 8.78 Å². The van der Waals surface area contributed by atoms with E-state index >= 15 is 0 Å². The largest absolute Gasteiger partial charge is 0.314 e. The maximum absolute atomic E-state index is 12.1. The topological polar surface area (TPSA) is 4.36 Å². The van der Waals surface area contributed by atoms with Gasteiger partial charge in [-0.3, -0.25) is 0 Å². The van der Waals surface area contributed by atoms with Crippen LogP contribution in [0.2, 0.25) is 0 Å². The molecule has 1 aliphatic carbocycles. The summed E-state index contributed by atoms with van der Waals surface area (Å²) in [6, 6.07) is 0.0185. The Morgan fingerprint density at radius 3 is 2.09 bits per heavy atom. The Morgan fingerprint density at radius 1 is 1.18 bits per heavy atom. The molecule has 0 heterocycles. The van der Waals surface area contributed by atoms with E-state index in [1.807, 2.05) is 0 Å². The van der Waals surface area contributed by atoms with Crippen molar-refractivity contribution in [2.24, 2.45) is 5.92 Å². The highest BCUT2D eigenvalue weighted by Gasteiger charge is 2.29. The number of alkyl halides is 2. The van der Waals surface area contributed by atoms with Gasteiger partial charge in [0.05, 0.1) is 0 Å². The number of rotatable bonds is 1. The van der Waals surface area contributed by atoms with E-state index in [1.54, 1.807) is 0 Å². The average molecular weight is 159 g/mol. The Hall–Kier alpha value is -0.650. The lowest BCUT2D eigenvalue weighted by molar-refractivity contribution is 0.0553. The van der Waals surface area contributed by atoms with Crippen LogP contribution in [0, 0.1) is 12.5 Å². The van der Waals surface area contributed by atoms with E-state index in [-0.39, 0.29) is 6.04 Å². The van der Waals surface area contributed by atoms with E-state index in [2.05, 4.69) is 4.85 Å². The average Bonchev–Trinajstić information content (AvgIpc) is 2.05. The van der Waals surface area contributed by atoms with Gasteiger partial charge in [0.15, 0.2) is 0 Å². The van der Waals surface area contributed by atoms with Crippen LogP contribution in [-0.4, -0.2) is 12.5 Å². The Labute approximate surface area is 65.2 Å². The second-order valence-electron chi connectivity index (χ2n) is 3.03. The van der Waals surface area contributed by atoms with Gasteiger partial charge in [0.25, 0.3) is 0 Å². The van der Waals surface area contributed by atoms with Crippen molar-refractivity contribution in [3.8, 4) is 0 Å². The number of halogens is 2. The zero-order chi connectivity index (χ0) is 8.27. The molecule has 1 fully saturated rings. The molecule has 0 bridgehead atoms. The summed E-state index contributed by atoms with van der Waals surface area (Å²) in [4.78, 5) is 3.35. The highest BCUT2D eigenvalue weighted by atomic mass is 19.3. The third kappa shape index (κ3) is 2.14. The summed E-state index contributed by atoms with van der Waals surface area (Å²) in [5, 5.41) is 0. The van der Waals surface area contributed by atoms with Crippen LogP contribution in [0.25, 0.3) is 4.85 Å². The van der Waals surface area contributed by atoms with Crippen LogP contribution in [0.5, 0.6) is 0 Å². The van der Waals surface area contributed by atoms with E-state index in [1.165, 1.54) is 0 Å². The molecule has 3 heteroatoms. The Kier molecular flexibility index (Phi) is 2.81. The number of hydrogen-bond acceptors (Lipinski definition) is 0. The third-order valence-corrected chi connectivity index (χ3v) is 2.28. The first-order valence-electron chi connectivity index (χ1n) is 3.88. The Bertz CT molecular complexity index is 154. The van der Waals surface area contributed by atoms with Crippen LogP contribution in [0.1, 0.15) is 25.7 Å². The molecule has 0 aromatic rings. The molecule has 0 aliphatic heterocycles. The molecule has 0 saturated heterocycles. The Morgan fingerprint density at radius 2 is 1.73 bits per heavy atom. The lowest BCUT2D eigenvalue weighted by Gasteiger charge is -2.21. The van der Waals surface area contributed by atoms with Crippen LogP contribution in [0.4, 0.5) is 8.78 Å². The molecular weight excluding hydrogens is 148 g/mol. The minimum absolute atomic E-state index is 0.0185. The maximum atomic E-state index is 12.1. The molecule has 0 unspecified atom stereocenters. The molecule has 0 amide bonds. The van der Waals surface area contributed by atoms with Gasteiger partial charge in [0.2, 0.25) is 12.5 Å². The van der Waals surface area contributed by atoms with E-state index in [0.29, 0.717) is 25.7 Å². The molecule has 62 valence electrons. The summed E-state index contributed by atoms with van der Waals surface area (Å²) in [5.74, 6) is -0.437. The van der Waals surface area contributed by atoms with Crippen molar-refractivity contribution in [2.45, 2.75) is 38.2 Å². The highest BCUT2D eigenvalue weighted by Crippen LogP contribution is 2.30. The summed E-state index contributed by atoms with van der Waals surface area (Å²) in [6.07, 6.45) is 0.216. The molecule has 11 heavy (non-hydrogen) atoms. The van der Waals surface area contributed by atoms with Crippen molar-refractivity contribution in [1.82, 2.24) is 0 Å². The first-order chi connectivity index (χ1) is 5.24. The molecule has 1 saturated carbocycles. The second-order valence-corrected chi connectivity index (χ2v) is 3.03. The zero-order valence-corrected chi connectivity index (χ0v) is 6.26. The van der Waals surface area contributed by atoms with Gasteiger partial charge in [-0.1, -0.05) is 0 Å². The standard InChI is InChI=1S/C8H11F2N/c1-11-7-4-2-6(3-5-7)8(9)10/h6-8H,2-5H2. The van der Waals surface area contributed by atoms with Crippen LogP contribution < -0.4 is 0 Å². The first kappa shape index (κ1) is 8.45. The van der Waals surface area contributed by atoms with Crippen molar-refractivity contribution >= 4 is 0 Å². The van der Waals surface area contributed by atoms with Crippen molar-refractivity contribution < 1.29 is 8.78 Å². The van der Waals surface area contributed by atoms with Crippen molar-refractivity contribution in [1.29, 1.82) is 0 Å². The smallest absolute Gasteiger partial charge is 0.241 e. The SMILES string of the molecule is [C-]#[N+]C1CCC(C(F)F)CC1. The molecule has 0 aromatic carbocycles. The van der Waals surface area contributed by atoms with Gasteiger partial charge in [0.1, 0.15) is 0 Å². The van der Waals surface area contributed by atoms with Gasteiger partial charge in [-0.25, -0.2) is 15.4 Å². The van der Waals surface area contributed by atoms with Gasteiger partial charge < -0.3 is 4.85 Å². The maximum Gasteiger partial charge on any atom is 0.241 e. The summed E-state index contributed by atoms with van der Waals surface area (Å²) >= 11 is 0. The van der Waals surface area contributed by atoms with Gasteiger partial charge in [-0.15, -0.1) is 0 Å². The summed E-state index contributed by atoms with van der Waals surface area (Å²) < 4.78 is 24.1. The summed E-state index contributed by atoms with van der Waals surface area (Å²) in [7, 11) is 0. The lowest BCUT2D eigenvalue weighted by atomic mass is 9.87. The van der Waals surface area contributed by atoms with Crippen LogP contribution >= 0.6 is 0 Å². The monoisotopic (exact) mass is 159 g/mol. The van der Waals surface area contributed by atoms with Gasteiger partial charge in [-0.05, 0) is 12.8 Å². The van der Waals surface area contributed by atoms with Crippen molar-refractivity contribution in [2.75, 3.05) is 0 Å². The molecule has 1 nitrogen and oxygen atoms in total. The highest BCUT2D eigenvalue weighted by molar-refractivity contribution is 4.85. The third-order valence-electron chi connectivity index (χ3n) is 2.28. The number of nitrogens with zero attached hydrogens (tertiary/aromatic N) is 1. The minimum atomic E-state index is -2.18. The molecule has 0 atom stereocenters. The predicted molar refractivity (Wildman–Crippen MR) is 38.4 cm³/mol. The summed E-state index contributed by atoms with van der Waals surface area (Å²) in [5.41, 5.74) is 0. The van der Waals surface area contributed by atoms with Crippen LogP contribution in [0.15, 0.2) is 0 Å². The first-order valence-corrected chi connectivity index (χ1v) is 3.88. The van der Waals surface area contributed by atoms with Crippen LogP contribution in [0.3, 0.4) is 0 Å². The fourth-order valence-electron chi connectivity index (χ4n) is 1.48. The van der Waals surface area contributed by atoms with Gasteiger partial charge in [-0.2, -0.15) is 0 Å². The molecule has 0 spiro atoms. The van der Waals surface area contributed by atoms with Crippen molar-refractivity contribution in [3.63, 3.8) is 0 Å². The second kappa shape index (κ2) is 3.66. The molecular formula is C8H11F2N. The van der Waals surface area contributed by atoms with Gasteiger partial charge >= 0.3 is 0 Å². The van der Waals surface area contributed by atoms with Gasteiger partial charge in [0, 0.05) is 18.8 Å². The van der Waals surface area contributed by atoms with Crippen LogP contribution in [-0.2, 0) is 0 Å². The molecule has 0 aromatic heterocycles. The normalized spacial score (nSPS) is 31.8. The van der Waals surface area contributed by atoms with Crippen molar-refractivity contribution in [3.05, 3.63) is 11.4 Å². The molecule has 0 radical (unpaired) electrons. The molecule has 1 rings (SSSR count).